The normalized spacial score (nSPS) is 10.3. The van der Waals surface area contributed by atoms with Gasteiger partial charge in [-0.15, -0.1) is 11.3 Å². The molecule has 5 nitrogen and oxygen atoms in total. The van der Waals surface area contributed by atoms with Crippen molar-refractivity contribution < 1.29 is 14.3 Å². The van der Waals surface area contributed by atoms with Crippen LogP contribution in [0.3, 0.4) is 0 Å². The second kappa shape index (κ2) is 7.17. The fraction of sp³-hybridized carbons (Fsp3) is 0.312. The monoisotopic (exact) mass is 318 g/mol. The number of thiazole rings is 1. The Hall–Kier alpha value is -2.21. The number of aryl methyl sites for hydroxylation is 1. The average Bonchev–Trinajstić information content (AvgIpc) is 2.95. The van der Waals surface area contributed by atoms with Crippen LogP contribution in [0.4, 0.5) is 5.69 Å². The Kier molecular flexibility index (Phi) is 5.27. The predicted octanol–water partition coefficient (Wildman–Crippen LogP) is 3.29. The zero-order valence-corrected chi connectivity index (χ0v) is 13.6. The molecule has 6 heteroatoms. The third-order valence-corrected chi connectivity index (χ3v) is 3.84. The summed E-state index contributed by atoms with van der Waals surface area (Å²) in [6.45, 7) is 6.31. The topological polar surface area (TPSA) is 59.5 Å². The van der Waals surface area contributed by atoms with Gasteiger partial charge in [0.25, 0.3) is 5.91 Å². The van der Waals surface area contributed by atoms with Gasteiger partial charge in [0.05, 0.1) is 17.2 Å². The van der Waals surface area contributed by atoms with Crippen molar-refractivity contribution in [2.45, 2.75) is 20.8 Å². The maximum Gasteiger partial charge on any atom is 0.338 e. The summed E-state index contributed by atoms with van der Waals surface area (Å²) in [6, 6.07) is 6.87. The molecule has 0 aliphatic rings. The lowest BCUT2D eigenvalue weighted by Gasteiger charge is -2.20. The molecule has 0 spiro atoms. The number of aromatic nitrogens is 1. The van der Waals surface area contributed by atoms with Gasteiger partial charge in [-0.05, 0) is 39.0 Å². The van der Waals surface area contributed by atoms with Gasteiger partial charge in [-0.1, -0.05) is 6.07 Å². The summed E-state index contributed by atoms with van der Waals surface area (Å²) in [5.41, 5.74) is 1.51. The van der Waals surface area contributed by atoms with E-state index < -0.39 is 5.97 Å². The SMILES string of the molecule is CCOC(=O)c1cccc(N(CC)C(=O)c2csc(C)n2)c1. The molecule has 0 saturated carbocycles. The molecular weight excluding hydrogens is 300 g/mol. The standard InChI is InChI=1S/C16H18N2O3S/c1-4-18(15(19)14-10-22-11(3)17-14)13-8-6-7-12(9-13)16(20)21-5-2/h6-10H,4-5H2,1-3H3. The van der Waals surface area contributed by atoms with Crippen LogP contribution in [-0.4, -0.2) is 30.0 Å². The predicted molar refractivity (Wildman–Crippen MR) is 86.6 cm³/mol. The number of esters is 1. The van der Waals surface area contributed by atoms with E-state index in [0.29, 0.717) is 30.1 Å². The first-order valence-corrected chi connectivity index (χ1v) is 7.96. The van der Waals surface area contributed by atoms with Crippen LogP contribution in [0.5, 0.6) is 0 Å². The molecule has 22 heavy (non-hydrogen) atoms. The highest BCUT2D eigenvalue weighted by atomic mass is 32.1. The highest BCUT2D eigenvalue weighted by molar-refractivity contribution is 7.09. The van der Waals surface area contributed by atoms with E-state index in [4.69, 9.17) is 4.74 Å². The number of amides is 1. The van der Waals surface area contributed by atoms with Gasteiger partial charge in [0.2, 0.25) is 0 Å². The maximum atomic E-state index is 12.6. The third-order valence-electron chi connectivity index (χ3n) is 3.07. The minimum atomic E-state index is -0.391. The molecule has 0 radical (unpaired) electrons. The second-order valence-corrected chi connectivity index (χ2v) is 5.63. The molecule has 1 aromatic heterocycles. The van der Waals surface area contributed by atoms with E-state index in [1.54, 1.807) is 41.5 Å². The van der Waals surface area contributed by atoms with E-state index in [1.807, 2.05) is 13.8 Å². The number of hydrogen-bond acceptors (Lipinski definition) is 5. The van der Waals surface area contributed by atoms with Gasteiger partial charge in [0.1, 0.15) is 5.69 Å². The Morgan fingerprint density at radius 3 is 2.68 bits per heavy atom. The van der Waals surface area contributed by atoms with E-state index >= 15 is 0 Å². The quantitative estimate of drug-likeness (QED) is 0.794. The number of rotatable bonds is 5. The van der Waals surface area contributed by atoms with Crippen molar-refractivity contribution >= 4 is 28.9 Å². The molecule has 2 rings (SSSR count). The molecule has 0 atom stereocenters. The van der Waals surface area contributed by atoms with Gasteiger partial charge >= 0.3 is 5.97 Å². The van der Waals surface area contributed by atoms with Crippen molar-refractivity contribution in [2.24, 2.45) is 0 Å². The largest absolute Gasteiger partial charge is 0.462 e. The molecule has 0 saturated heterocycles. The maximum absolute atomic E-state index is 12.6. The summed E-state index contributed by atoms with van der Waals surface area (Å²) < 4.78 is 4.99. The molecule has 1 aromatic carbocycles. The fourth-order valence-corrected chi connectivity index (χ4v) is 2.65. The zero-order chi connectivity index (χ0) is 16.1. The van der Waals surface area contributed by atoms with Crippen molar-refractivity contribution in [3.63, 3.8) is 0 Å². The molecule has 1 amide bonds. The molecule has 0 N–H and O–H groups in total. The Morgan fingerprint density at radius 2 is 2.09 bits per heavy atom. The second-order valence-electron chi connectivity index (χ2n) is 4.57. The molecule has 0 aliphatic carbocycles. The van der Waals surface area contributed by atoms with Crippen molar-refractivity contribution in [3.8, 4) is 0 Å². The van der Waals surface area contributed by atoms with Crippen molar-refractivity contribution in [3.05, 3.63) is 45.9 Å². The van der Waals surface area contributed by atoms with E-state index in [0.717, 1.165) is 5.01 Å². The van der Waals surface area contributed by atoms with Crippen LogP contribution in [0.2, 0.25) is 0 Å². The molecule has 1 heterocycles. The van der Waals surface area contributed by atoms with E-state index in [2.05, 4.69) is 4.98 Å². The lowest BCUT2D eigenvalue weighted by Crippen LogP contribution is -2.31. The Labute approximate surface area is 133 Å². The highest BCUT2D eigenvalue weighted by Gasteiger charge is 2.19. The number of nitrogens with zero attached hydrogens (tertiary/aromatic N) is 2. The number of benzene rings is 1. The Morgan fingerprint density at radius 1 is 1.32 bits per heavy atom. The molecule has 0 fully saturated rings. The lowest BCUT2D eigenvalue weighted by molar-refractivity contribution is 0.0526. The van der Waals surface area contributed by atoms with E-state index in [9.17, 15) is 9.59 Å². The van der Waals surface area contributed by atoms with Gasteiger partial charge in [0, 0.05) is 17.6 Å². The number of carbonyl (C=O) groups is 2. The van der Waals surface area contributed by atoms with Crippen molar-refractivity contribution in [1.82, 2.24) is 4.98 Å². The molecule has 2 aromatic rings. The molecule has 116 valence electrons. The summed E-state index contributed by atoms with van der Waals surface area (Å²) in [5.74, 6) is -0.565. The Bertz CT molecular complexity index is 682. The van der Waals surface area contributed by atoms with Gasteiger partial charge in [-0.3, -0.25) is 4.79 Å². The van der Waals surface area contributed by atoms with Gasteiger partial charge in [0.15, 0.2) is 0 Å². The molecule has 0 unspecified atom stereocenters. The van der Waals surface area contributed by atoms with Crippen molar-refractivity contribution in [1.29, 1.82) is 0 Å². The van der Waals surface area contributed by atoms with E-state index in [-0.39, 0.29) is 5.91 Å². The van der Waals surface area contributed by atoms with Gasteiger partial charge < -0.3 is 9.64 Å². The summed E-state index contributed by atoms with van der Waals surface area (Å²) in [6.07, 6.45) is 0. The van der Waals surface area contributed by atoms with Crippen molar-refractivity contribution in [2.75, 3.05) is 18.1 Å². The zero-order valence-electron chi connectivity index (χ0n) is 12.8. The van der Waals surface area contributed by atoms with Crippen LogP contribution >= 0.6 is 11.3 Å². The van der Waals surface area contributed by atoms with Crippen LogP contribution < -0.4 is 4.90 Å². The minimum Gasteiger partial charge on any atom is -0.462 e. The average molecular weight is 318 g/mol. The lowest BCUT2D eigenvalue weighted by atomic mass is 10.2. The number of ether oxygens (including phenoxy) is 1. The van der Waals surface area contributed by atoms with Crippen LogP contribution in [0, 0.1) is 6.92 Å². The smallest absolute Gasteiger partial charge is 0.338 e. The van der Waals surface area contributed by atoms with Crippen LogP contribution in [0.25, 0.3) is 0 Å². The van der Waals surface area contributed by atoms with Crippen LogP contribution in [0.1, 0.15) is 39.7 Å². The summed E-state index contributed by atoms with van der Waals surface area (Å²) in [4.78, 5) is 30.2. The first-order chi connectivity index (χ1) is 10.6. The number of carbonyl (C=O) groups excluding carboxylic acids is 2. The highest BCUT2D eigenvalue weighted by Crippen LogP contribution is 2.20. The molecule has 0 aliphatic heterocycles. The molecule has 0 bridgehead atoms. The Balaban J connectivity index is 2.29. The summed E-state index contributed by atoms with van der Waals surface area (Å²) >= 11 is 1.44. The minimum absolute atomic E-state index is 0.173. The fourth-order valence-electron chi connectivity index (χ4n) is 2.06. The number of anilines is 1. The van der Waals surface area contributed by atoms with Crippen LogP contribution in [0.15, 0.2) is 29.6 Å². The summed E-state index contributed by atoms with van der Waals surface area (Å²) in [5, 5.41) is 2.59. The molecular formula is C16H18N2O3S. The van der Waals surface area contributed by atoms with Gasteiger partial charge in [-0.2, -0.15) is 0 Å². The van der Waals surface area contributed by atoms with Gasteiger partial charge in [-0.25, -0.2) is 9.78 Å². The number of hydrogen-bond donors (Lipinski definition) is 0. The first-order valence-electron chi connectivity index (χ1n) is 7.08. The summed E-state index contributed by atoms with van der Waals surface area (Å²) in [7, 11) is 0. The van der Waals surface area contributed by atoms with Crippen LogP contribution in [-0.2, 0) is 4.74 Å². The first kappa shape index (κ1) is 16.2. The van der Waals surface area contributed by atoms with E-state index in [1.165, 1.54) is 11.3 Å². The third kappa shape index (κ3) is 3.51.